The molecule has 1 rings (SSSR count). The highest BCUT2D eigenvalue weighted by Gasteiger charge is 2.37. The molecule has 1 fully saturated rings. The van der Waals surface area contributed by atoms with Gasteiger partial charge in [0.25, 0.3) is 0 Å². The van der Waals surface area contributed by atoms with Crippen molar-refractivity contribution in [2.75, 3.05) is 41.2 Å². The highest BCUT2D eigenvalue weighted by molar-refractivity contribution is 6.60. The van der Waals surface area contributed by atoms with E-state index in [0.717, 1.165) is 26.1 Å². The molecule has 1 unspecified atom stereocenters. The van der Waals surface area contributed by atoms with Crippen LogP contribution in [0.4, 0.5) is 0 Å². The molecule has 96 valence electrons. The summed E-state index contributed by atoms with van der Waals surface area (Å²) in [6, 6.07) is 0.691. The van der Waals surface area contributed by atoms with E-state index >= 15 is 0 Å². The molecule has 16 heavy (non-hydrogen) atoms. The number of hydrogen-bond donors (Lipinski definition) is 0. The van der Waals surface area contributed by atoms with Crippen LogP contribution in [0.25, 0.3) is 0 Å². The van der Waals surface area contributed by atoms with Crippen LogP contribution in [-0.2, 0) is 22.8 Å². The van der Waals surface area contributed by atoms with Crippen molar-refractivity contribution >= 4 is 8.80 Å². The maximum Gasteiger partial charge on any atom is 0.502 e. The van der Waals surface area contributed by atoms with Crippen LogP contribution in [0.2, 0.25) is 6.04 Å². The molecule has 1 heterocycles. The molecular weight excluding hydrogens is 228 g/mol. The van der Waals surface area contributed by atoms with Gasteiger partial charge in [0.2, 0.25) is 0 Å². The van der Waals surface area contributed by atoms with Gasteiger partial charge in [-0.15, -0.1) is 0 Å². The Labute approximate surface area is 98.3 Å². The molecule has 1 aliphatic heterocycles. The molecule has 0 aromatic rings. The maximum atomic E-state index is 5.51. The first-order valence-electron chi connectivity index (χ1n) is 5.61. The van der Waals surface area contributed by atoms with Crippen molar-refractivity contribution in [1.82, 2.24) is 0 Å². The van der Waals surface area contributed by atoms with Crippen molar-refractivity contribution in [2.45, 2.75) is 25.0 Å². The van der Waals surface area contributed by atoms with Crippen LogP contribution in [0.5, 0.6) is 0 Å². The largest absolute Gasteiger partial charge is 0.502 e. The lowest BCUT2D eigenvalue weighted by Crippen LogP contribution is -2.43. The van der Waals surface area contributed by atoms with E-state index in [2.05, 4.69) is 0 Å². The Morgan fingerprint density at radius 3 is 2.25 bits per heavy atom. The molecule has 0 spiro atoms. The van der Waals surface area contributed by atoms with Crippen LogP contribution in [0.15, 0.2) is 0 Å². The van der Waals surface area contributed by atoms with Gasteiger partial charge < -0.3 is 22.8 Å². The van der Waals surface area contributed by atoms with E-state index in [1.165, 1.54) is 0 Å². The molecule has 0 aromatic carbocycles. The Balaban J connectivity index is 1.98. The highest BCUT2D eigenvalue weighted by atomic mass is 28.4. The van der Waals surface area contributed by atoms with Gasteiger partial charge in [0.05, 0.1) is 19.3 Å². The molecule has 1 saturated heterocycles. The van der Waals surface area contributed by atoms with Crippen LogP contribution in [0.1, 0.15) is 12.8 Å². The topological polar surface area (TPSA) is 49.5 Å². The Hall–Kier alpha value is 0.0169. The zero-order valence-electron chi connectivity index (χ0n) is 10.4. The third-order valence-electron chi connectivity index (χ3n) is 2.70. The summed E-state index contributed by atoms with van der Waals surface area (Å²) in [5.74, 6) is 0. The van der Waals surface area contributed by atoms with Gasteiger partial charge in [0.1, 0.15) is 0 Å². The molecule has 0 aliphatic carbocycles. The smallest absolute Gasteiger partial charge is 0.381 e. The van der Waals surface area contributed by atoms with E-state index in [-0.39, 0.29) is 0 Å². The molecule has 0 saturated carbocycles. The van der Waals surface area contributed by atoms with E-state index < -0.39 is 8.80 Å². The normalized spacial score (nSPS) is 20.1. The first-order chi connectivity index (χ1) is 7.76. The van der Waals surface area contributed by atoms with Gasteiger partial charge in [-0.25, -0.2) is 0 Å². The Kier molecular flexibility index (Phi) is 6.48. The van der Waals surface area contributed by atoms with Gasteiger partial charge in [-0.3, -0.25) is 0 Å². The average molecular weight is 250 g/mol. The van der Waals surface area contributed by atoms with E-state index in [1.807, 2.05) is 0 Å². The van der Waals surface area contributed by atoms with E-state index in [0.29, 0.717) is 18.8 Å². The van der Waals surface area contributed by atoms with E-state index in [4.69, 9.17) is 22.8 Å². The minimum absolute atomic E-state index is 0.494. The average Bonchev–Trinajstić information content (AvgIpc) is 3.13. The first kappa shape index (κ1) is 14.1. The fraction of sp³-hybridized carbons (Fsp3) is 1.00. The molecule has 6 heteroatoms. The van der Waals surface area contributed by atoms with Crippen LogP contribution in [0, 0.1) is 0 Å². The van der Waals surface area contributed by atoms with E-state index in [9.17, 15) is 0 Å². The lowest BCUT2D eigenvalue weighted by molar-refractivity contribution is 0.0936. The number of hydrogen-bond acceptors (Lipinski definition) is 5. The highest BCUT2D eigenvalue weighted by Crippen LogP contribution is 2.16. The molecule has 0 amide bonds. The molecule has 1 aliphatic rings. The molecule has 0 N–H and O–H groups in total. The molecule has 5 nitrogen and oxygen atoms in total. The third-order valence-corrected chi connectivity index (χ3v) is 5.39. The predicted octanol–water partition coefficient (Wildman–Crippen LogP) is 1.06. The summed E-state index contributed by atoms with van der Waals surface area (Å²) in [6.07, 6.45) is 2.64. The SMILES string of the molecule is CO[Si](CCOCCCC1CO1)(OC)OC. The molecule has 0 aromatic heterocycles. The van der Waals surface area contributed by atoms with E-state index in [1.54, 1.807) is 21.3 Å². The standard InChI is InChI=1S/C10H22O5Si/c1-11-16(12-2,13-3)8-7-14-6-4-5-10-9-15-10/h10H,4-9H2,1-3H3. The third kappa shape index (κ3) is 4.90. The zero-order chi connectivity index (χ0) is 11.9. The van der Waals surface area contributed by atoms with Gasteiger partial charge >= 0.3 is 8.80 Å². The second-order valence-corrected chi connectivity index (χ2v) is 6.85. The summed E-state index contributed by atoms with van der Waals surface area (Å²) in [4.78, 5) is 0. The first-order valence-corrected chi connectivity index (χ1v) is 7.54. The second kappa shape index (κ2) is 7.36. The van der Waals surface area contributed by atoms with Crippen LogP contribution >= 0.6 is 0 Å². The Morgan fingerprint density at radius 1 is 1.12 bits per heavy atom. The number of ether oxygens (including phenoxy) is 2. The van der Waals surface area contributed by atoms with Crippen LogP contribution < -0.4 is 0 Å². The second-order valence-electron chi connectivity index (χ2n) is 3.76. The van der Waals surface area contributed by atoms with Gasteiger partial charge in [0.15, 0.2) is 0 Å². The van der Waals surface area contributed by atoms with Crippen molar-refractivity contribution in [1.29, 1.82) is 0 Å². The lowest BCUT2D eigenvalue weighted by atomic mass is 10.3. The van der Waals surface area contributed by atoms with Crippen molar-refractivity contribution in [3.8, 4) is 0 Å². The lowest BCUT2D eigenvalue weighted by Gasteiger charge is -2.24. The summed E-state index contributed by atoms with van der Waals surface area (Å²) in [5, 5.41) is 0. The number of rotatable bonds is 10. The predicted molar refractivity (Wildman–Crippen MR) is 61.4 cm³/mol. The van der Waals surface area contributed by atoms with Crippen molar-refractivity contribution in [3.63, 3.8) is 0 Å². The molecule has 0 radical (unpaired) electrons. The van der Waals surface area contributed by atoms with Crippen molar-refractivity contribution in [3.05, 3.63) is 0 Å². The molecular formula is C10H22O5Si. The van der Waals surface area contributed by atoms with Crippen LogP contribution in [-0.4, -0.2) is 56.1 Å². The van der Waals surface area contributed by atoms with Gasteiger partial charge in [-0.05, 0) is 12.8 Å². The quantitative estimate of drug-likeness (QED) is 0.330. The van der Waals surface area contributed by atoms with Crippen LogP contribution in [0.3, 0.4) is 0 Å². The summed E-state index contributed by atoms with van der Waals surface area (Å²) in [6.45, 7) is 2.31. The zero-order valence-corrected chi connectivity index (χ0v) is 11.4. The van der Waals surface area contributed by atoms with Crippen molar-refractivity contribution in [2.24, 2.45) is 0 Å². The minimum atomic E-state index is -2.44. The summed E-state index contributed by atoms with van der Waals surface area (Å²) >= 11 is 0. The van der Waals surface area contributed by atoms with Gasteiger partial charge in [0, 0.05) is 34.0 Å². The monoisotopic (exact) mass is 250 g/mol. The Bertz CT molecular complexity index is 174. The maximum absolute atomic E-state index is 5.51. The fourth-order valence-electron chi connectivity index (χ4n) is 1.50. The van der Waals surface area contributed by atoms with Gasteiger partial charge in [-0.1, -0.05) is 0 Å². The summed E-state index contributed by atoms with van der Waals surface area (Å²) < 4.78 is 26.5. The number of epoxide rings is 1. The fourth-order valence-corrected chi connectivity index (χ4v) is 3.01. The van der Waals surface area contributed by atoms with Gasteiger partial charge in [-0.2, -0.15) is 0 Å². The summed E-state index contributed by atoms with van der Waals surface area (Å²) in [7, 11) is 2.41. The Morgan fingerprint density at radius 2 is 1.75 bits per heavy atom. The summed E-state index contributed by atoms with van der Waals surface area (Å²) in [5.41, 5.74) is 0. The van der Waals surface area contributed by atoms with Crippen molar-refractivity contribution < 1.29 is 22.8 Å². The molecule has 1 atom stereocenters. The minimum Gasteiger partial charge on any atom is -0.381 e. The molecule has 0 bridgehead atoms.